The van der Waals surface area contributed by atoms with Crippen molar-refractivity contribution >= 4 is 0 Å². The smallest absolute Gasteiger partial charge is 0.119 e. The Kier molecular flexibility index (Phi) is 5.37. The number of benzene rings is 1. The van der Waals surface area contributed by atoms with E-state index in [4.69, 9.17) is 9.47 Å². The quantitative estimate of drug-likeness (QED) is 0.836. The molecule has 1 heterocycles. The molecule has 1 fully saturated rings. The molecule has 0 spiro atoms. The normalized spacial score (nSPS) is 25.4. The summed E-state index contributed by atoms with van der Waals surface area (Å²) < 4.78 is 10.8. The Morgan fingerprint density at radius 2 is 2.25 bits per heavy atom. The van der Waals surface area contributed by atoms with Crippen molar-refractivity contribution in [3.8, 4) is 5.75 Å². The zero-order valence-electron chi connectivity index (χ0n) is 12.0. The first kappa shape index (κ1) is 15.3. The van der Waals surface area contributed by atoms with E-state index < -0.39 is 6.10 Å². The topological polar surface area (TPSA) is 62.2 Å². The molecule has 1 aromatic rings. The molecular formula is C15H23NO4. The Morgan fingerprint density at radius 3 is 2.95 bits per heavy atom. The summed E-state index contributed by atoms with van der Waals surface area (Å²) in [5, 5.41) is 19.6. The molecule has 112 valence electrons. The molecule has 3 atom stereocenters. The fourth-order valence-electron chi connectivity index (χ4n) is 2.59. The van der Waals surface area contributed by atoms with Crippen LogP contribution in [0.4, 0.5) is 0 Å². The maximum atomic E-state index is 10.3. The fraction of sp³-hybridized carbons (Fsp3) is 0.600. The first-order valence-corrected chi connectivity index (χ1v) is 6.93. The molecule has 0 aromatic heterocycles. The summed E-state index contributed by atoms with van der Waals surface area (Å²) in [6, 6.07) is 7.46. The van der Waals surface area contributed by atoms with Crippen LogP contribution in [0.25, 0.3) is 0 Å². The summed E-state index contributed by atoms with van der Waals surface area (Å²) in [5.41, 5.74) is 0.837. The molecule has 0 aliphatic carbocycles. The molecule has 0 saturated carbocycles. The van der Waals surface area contributed by atoms with Crippen LogP contribution in [0.2, 0.25) is 0 Å². The minimum absolute atomic E-state index is 0.0100. The van der Waals surface area contributed by atoms with E-state index in [1.165, 1.54) is 0 Å². The van der Waals surface area contributed by atoms with Gasteiger partial charge in [0.05, 0.1) is 32.0 Å². The molecule has 1 aromatic carbocycles. The number of aliphatic hydroxyl groups is 2. The van der Waals surface area contributed by atoms with Crippen molar-refractivity contribution in [3.05, 3.63) is 29.8 Å². The number of hydrogen-bond donors (Lipinski definition) is 2. The van der Waals surface area contributed by atoms with Gasteiger partial charge in [-0.25, -0.2) is 0 Å². The van der Waals surface area contributed by atoms with Crippen LogP contribution in [0.15, 0.2) is 24.3 Å². The standard InChI is InChI=1S/C15H23NO4/c1-11-7-16(8-14(10-17)20-11)9-15(18)12-4-3-5-13(6-12)19-2/h3-6,11,14-15,17-18H,7-10H2,1-2H3. The van der Waals surface area contributed by atoms with E-state index >= 15 is 0 Å². The van der Waals surface area contributed by atoms with Crippen LogP contribution in [0.5, 0.6) is 5.75 Å². The Labute approximate surface area is 119 Å². The highest BCUT2D eigenvalue weighted by atomic mass is 16.5. The van der Waals surface area contributed by atoms with E-state index in [1.54, 1.807) is 7.11 Å². The van der Waals surface area contributed by atoms with Gasteiger partial charge in [-0.1, -0.05) is 12.1 Å². The van der Waals surface area contributed by atoms with Gasteiger partial charge >= 0.3 is 0 Å². The van der Waals surface area contributed by atoms with Gasteiger partial charge in [0.2, 0.25) is 0 Å². The van der Waals surface area contributed by atoms with Crippen molar-refractivity contribution < 1.29 is 19.7 Å². The number of nitrogens with zero attached hydrogens (tertiary/aromatic N) is 1. The largest absolute Gasteiger partial charge is 0.497 e. The van der Waals surface area contributed by atoms with Crippen LogP contribution in [-0.2, 0) is 4.74 Å². The van der Waals surface area contributed by atoms with Crippen LogP contribution in [0.3, 0.4) is 0 Å². The molecule has 5 nitrogen and oxygen atoms in total. The monoisotopic (exact) mass is 281 g/mol. The summed E-state index contributed by atoms with van der Waals surface area (Å²) >= 11 is 0. The molecule has 20 heavy (non-hydrogen) atoms. The summed E-state index contributed by atoms with van der Waals surface area (Å²) in [5.74, 6) is 0.741. The average Bonchev–Trinajstić information content (AvgIpc) is 2.46. The van der Waals surface area contributed by atoms with Crippen molar-refractivity contribution in [1.29, 1.82) is 0 Å². The van der Waals surface area contributed by atoms with Crippen molar-refractivity contribution in [1.82, 2.24) is 4.90 Å². The lowest BCUT2D eigenvalue weighted by Crippen LogP contribution is -2.49. The number of rotatable bonds is 5. The van der Waals surface area contributed by atoms with E-state index in [1.807, 2.05) is 31.2 Å². The van der Waals surface area contributed by atoms with Crippen LogP contribution in [0, 0.1) is 0 Å². The molecule has 1 aliphatic heterocycles. The third kappa shape index (κ3) is 3.93. The van der Waals surface area contributed by atoms with Gasteiger partial charge in [-0.15, -0.1) is 0 Å². The minimum Gasteiger partial charge on any atom is -0.497 e. The lowest BCUT2D eigenvalue weighted by molar-refractivity contribution is -0.102. The van der Waals surface area contributed by atoms with E-state index in [-0.39, 0.29) is 18.8 Å². The number of aliphatic hydroxyl groups excluding tert-OH is 2. The first-order chi connectivity index (χ1) is 9.62. The van der Waals surface area contributed by atoms with Crippen molar-refractivity contribution in [2.75, 3.05) is 33.4 Å². The van der Waals surface area contributed by atoms with Gasteiger partial charge in [0, 0.05) is 19.6 Å². The van der Waals surface area contributed by atoms with Gasteiger partial charge in [0.15, 0.2) is 0 Å². The van der Waals surface area contributed by atoms with Gasteiger partial charge in [0.25, 0.3) is 0 Å². The van der Waals surface area contributed by atoms with Gasteiger partial charge in [-0.2, -0.15) is 0 Å². The second-order valence-corrected chi connectivity index (χ2v) is 5.26. The third-order valence-electron chi connectivity index (χ3n) is 3.52. The second-order valence-electron chi connectivity index (χ2n) is 5.26. The number of hydrogen-bond acceptors (Lipinski definition) is 5. The van der Waals surface area contributed by atoms with E-state index in [2.05, 4.69) is 4.90 Å². The summed E-state index contributed by atoms with van der Waals surface area (Å²) in [7, 11) is 1.61. The van der Waals surface area contributed by atoms with Crippen molar-refractivity contribution in [2.24, 2.45) is 0 Å². The predicted molar refractivity (Wildman–Crippen MR) is 75.8 cm³/mol. The van der Waals surface area contributed by atoms with Crippen molar-refractivity contribution in [2.45, 2.75) is 25.2 Å². The zero-order chi connectivity index (χ0) is 14.5. The molecule has 0 bridgehead atoms. The Bertz CT molecular complexity index is 426. The molecule has 5 heteroatoms. The summed E-state index contributed by atoms with van der Waals surface area (Å²) in [6.07, 6.45) is -0.676. The SMILES string of the molecule is COc1cccc(C(O)CN2CC(C)OC(CO)C2)c1. The Hall–Kier alpha value is -1.14. The molecule has 1 aliphatic rings. The number of methoxy groups -OCH3 is 1. The predicted octanol–water partition coefficient (Wildman–Crippen LogP) is 0.810. The van der Waals surface area contributed by atoms with Crippen LogP contribution in [-0.4, -0.2) is 60.7 Å². The highest BCUT2D eigenvalue weighted by Gasteiger charge is 2.26. The third-order valence-corrected chi connectivity index (χ3v) is 3.52. The van der Waals surface area contributed by atoms with Crippen molar-refractivity contribution in [3.63, 3.8) is 0 Å². The molecule has 2 N–H and O–H groups in total. The fourth-order valence-corrected chi connectivity index (χ4v) is 2.59. The first-order valence-electron chi connectivity index (χ1n) is 6.93. The Morgan fingerprint density at radius 1 is 1.45 bits per heavy atom. The Balaban J connectivity index is 1.97. The number of morpholine rings is 1. The second kappa shape index (κ2) is 7.04. The van der Waals surface area contributed by atoms with E-state index in [0.29, 0.717) is 13.1 Å². The lowest BCUT2D eigenvalue weighted by atomic mass is 10.1. The highest BCUT2D eigenvalue weighted by molar-refractivity contribution is 5.29. The number of ether oxygens (including phenoxy) is 2. The highest BCUT2D eigenvalue weighted by Crippen LogP contribution is 2.21. The van der Waals surface area contributed by atoms with Crippen LogP contribution in [0.1, 0.15) is 18.6 Å². The zero-order valence-corrected chi connectivity index (χ0v) is 12.0. The summed E-state index contributed by atoms with van der Waals surface area (Å²) in [6.45, 7) is 3.92. The molecule has 0 radical (unpaired) electrons. The number of β-amino-alcohol motifs (C(OH)–C–C–N with tert-alkyl or cyclic N) is 1. The molecule has 1 saturated heterocycles. The minimum atomic E-state index is -0.574. The van der Waals surface area contributed by atoms with E-state index in [9.17, 15) is 10.2 Å². The van der Waals surface area contributed by atoms with E-state index in [0.717, 1.165) is 17.9 Å². The summed E-state index contributed by atoms with van der Waals surface area (Å²) in [4.78, 5) is 2.12. The molecular weight excluding hydrogens is 258 g/mol. The van der Waals surface area contributed by atoms with Crippen LogP contribution >= 0.6 is 0 Å². The van der Waals surface area contributed by atoms with Gasteiger partial charge < -0.3 is 19.7 Å². The van der Waals surface area contributed by atoms with Gasteiger partial charge in [-0.3, -0.25) is 4.90 Å². The van der Waals surface area contributed by atoms with Gasteiger partial charge in [0.1, 0.15) is 5.75 Å². The van der Waals surface area contributed by atoms with Crippen LogP contribution < -0.4 is 4.74 Å². The molecule has 3 unspecified atom stereocenters. The molecule has 0 amide bonds. The average molecular weight is 281 g/mol. The lowest BCUT2D eigenvalue weighted by Gasteiger charge is -2.37. The maximum Gasteiger partial charge on any atom is 0.119 e. The maximum absolute atomic E-state index is 10.3. The molecule has 2 rings (SSSR count). The van der Waals surface area contributed by atoms with Gasteiger partial charge in [-0.05, 0) is 24.6 Å².